The zero-order valence-electron chi connectivity index (χ0n) is 17.0. The average molecular weight is 508 g/mol. The number of nitrogens with one attached hydrogen (secondary N) is 1. The third-order valence-electron chi connectivity index (χ3n) is 5.35. The summed E-state index contributed by atoms with van der Waals surface area (Å²) in [6.45, 7) is 2.08. The molecular weight excluding hydrogens is 490 g/mol. The highest BCUT2D eigenvalue weighted by Gasteiger charge is 2.43. The molecule has 0 saturated heterocycles. The Morgan fingerprint density at radius 1 is 1.19 bits per heavy atom. The number of carbonyl (C=O) groups excluding carboxylic acids is 2. The standard InChI is InChI=1S/C24H18BrN3O3S/c1-2-31-24(30)14-8-10-17(11-9-14)28-22(15-5-3-6-16(25)13-15)19-20(18-7-4-12-32-18)26-27-21(19)23(28)29/h3-13,22H,2H2,1H3,(H,26,27). The second-order valence-electron chi connectivity index (χ2n) is 7.24. The van der Waals surface area contributed by atoms with Crippen molar-refractivity contribution in [3.05, 3.63) is 92.9 Å². The summed E-state index contributed by atoms with van der Waals surface area (Å²) < 4.78 is 6.00. The highest BCUT2D eigenvalue weighted by molar-refractivity contribution is 9.10. The highest BCUT2D eigenvalue weighted by Crippen LogP contribution is 2.46. The van der Waals surface area contributed by atoms with Crippen molar-refractivity contribution in [3.8, 4) is 10.6 Å². The molecule has 4 aromatic rings. The van der Waals surface area contributed by atoms with Gasteiger partial charge in [-0.25, -0.2) is 4.79 Å². The van der Waals surface area contributed by atoms with Gasteiger partial charge in [0.1, 0.15) is 0 Å². The fraction of sp³-hybridized carbons (Fsp3) is 0.125. The summed E-state index contributed by atoms with van der Waals surface area (Å²) in [5, 5.41) is 9.46. The van der Waals surface area contributed by atoms with Gasteiger partial charge in [0.25, 0.3) is 5.91 Å². The third kappa shape index (κ3) is 3.45. The Balaban J connectivity index is 1.63. The van der Waals surface area contributed by atoms with E-state index in [1.807, 2.05) is 41.8 Å². The van der Waals surface area contributed by atoms with Crippen molar-refractivity contribution in [2.45, 2.75) is 13.0 Å². The molecule has 1 N–H and O–H groups in total. The molecule has 0 fully saturated rings. The van der Waals surface area contributed by atoms with E-state index in [0.29, 0.717) is 23.6 Å². The Labute approximate surface area is 197 Å². The minimum atomic E-state index is -0.386. The van der Waals surface area contributed by atoms with E-state index in [0.717, 1.165) is 26.2 Å². The van der Waals surface area contributed by atoms with Crippen LogP contribution in [0.3, 0.4) is 0 Å². The maximum atomic E-state index is 13.5. The molecule has 2 aromatic heterocycles. The van der Waals surface area contributed by atoms with Crippen LogP contribution >= 0.6 is 27.3 Å². The number of hydrogen-bond donors (Lipinski definition) is 1. The van der Waals surface area contributed by atoms with Crippen molar-refractivity contribution in [1.29, 1.82) is 0 Å². The van der Waals surface area contributed by atoms with E-state index in [9.17, 15) is 9.59 Å². The molecule has 32 heavy (non-hydrogen) atoms. The first kappa shape index (κ1) is 20.7. The number of carbonyl (C=O) groups is 2. The zero-order valence-corrected chi connectivity index (χ0v) is 19.4. The third-order valence-corrected chi connectivity index (χ3v) is 6.73. The number of aromatic amines is 1. The van der Waals surface area contributed by atoms with Crippen LogP contribution < -0.4 is 4.90 Å². The van der Waals surface area contributed by atoms with Gasteiger partial charge in [-0.3, -0.25) is 14.8 Å². The predicted octanol–water partition coefficient (Wildman–Crippen LogP) is 5.83. The summed E-state index contributed by atoms with van der Waals surface area (Å²) in [6, 6.07) is 18.5. The molecule has 8 heteroatoms. The number of nitrogens with zero attached hydrogens (tertiary/aromatic N) is 2. The van der Waals surface area contributed by atoms with Gasteiger partial charge in [-0.2, -0.15) is 5.10 Å². The van der Waals surface area contributed by atoms with Crippen LogP contribution in [0.5, 0.6) is 0 Å². The SMILES string of the molecule is CCOC(=O)c1ccc(N2C(=O)c3n[nH]c(-c4cccs4)c3C2c2cccc(Br)c2)cc1. The minimum Gasteiger partial charge on any atom is -0.462 e. The summed E-state index contributed by atoms with van der Waals surface area (Å²) in [5.41, 5.74) is 4.19. The molecule has 160 valence electrons. The van der Waals surface area contributed by atoms with Crippen molar-refractivity contribution >= 4 is 44.8 Å². The molecule has 0 spiro atoms. The Hall–Kier alpha value is -3.23. The maximum Gasteiger partial charge on any atom is 0.338 e. The average Bonchev–Trinajstić information content (AvgIpc) is 3.52. The van der Waals surface area contributed by atoms with Crippen LogP contribution in [0.4, 0.5) is 5.69 Å². The Morgan fingerprint density at radius 3 is 2.69 bits per heavy atom. The van der Waals surface area contributed by atoms with Crippen LogP contribution in [0, 0.1) is 0 Å². The molecule has 0 aliphatic carbocycles. The molecule has 5 rings (SSSR count). The maximum absolute atomic E-state index is 13.5. The molecular formula is C24H18BrN3O3S. The largest absolute Gasteiger partial charge is 0.462 e. The molecule has 0 saturated carbocycles. The molecule has 3 heterocycles. The Kier molecular flexibility index (Phi) is 5.40. The normalized spacial score (nSPS) is 15.1. The van der Waals surface area contributed by atoms with Crippen LogP contribution in [-0.4, -0.2) is 28.7 Å². The van der Waals surface area contributed by atoms with Crippen LogP contribution in [0.25, 0.3) is 10.6 Å². The Bertz CT molecular complexity index is 1300. The first-order valence-corrected chi connectivity index (χ1v) is 11.7. The van der Waals surface area contributed by atoms with E-state index in [2.05, 4.69) is 26.1 Å². The number of rotatable bonds is 5. The highest BCUT2D eigenvalue weighted by atomic mass is 79.9. The number of anilines is 1. The van der Waals surface area contributed by atoms with Gasteiger partial charge in [0, 0.05) is 15.7 Å². The number of aromatic nitrogens is 2. The van der Waals surface area contributed by atoms with E-state index >= 15 is 0 Å². The number of esters is 1. The summed E-state index contributed by atoms with van der Waals surface area (Å²) in [5.74, 6) is -0.573. The van der Waals surface area contributed by atoms with Crippen molar-refractivity contribution in [2.24, 2.45) is 0 Å². The predicted molar refractivity (Wildman–Crippen MR) is 127 cm³/mol. The van der Waals surface area contributed by atoms with E-state index < -0.39 is 0 Å². The van der Waals surface area contributed by atoms with Crippen LogP contribution in [0.1, 0.15) is 44.9 Å². The number of amides is 1. The van der Waals surface area contributed by atoms with Gasteiger partial charge in [0.05, 0.1) is 28.8 Å². The van der Waals surface area contributed by atoms with Gasteiger partial charge >= 0.3 is 5.97 Å². The summed E-state index contributed by atoms with van der Waals surface area (Å²) >= 11 is 5.15. The molecule has 0 bridgehead atoms. The number of ether oxygens (including phenoxy) is 1. The number of halogens is 1. The number of H-pyrrole nitrogens is 1. The van der Waals surface area contributed by atoms with Crippen LogP contribution in [0.2, 0.25) is 0 Å². The first-order chi connectivity index (χ1) is 15.6. The smallest absolute Gasteiger partial charge is 0.338 e. The molecule has 1 aliphatic rings. The van der Waals surface area contributed by atoms with Crippen molar-refractivity contribution < 1.29 is 14.3 Å². The second kappa shape index (κ2) is 8.37. The van der Waals surface area contributed by atoms with Crippen LogP contribution in [0.15, 0.2) is 70.5 Å². The molecule has 2 aromatic carbocycles. The Morgan fingerprint density at radius 2 is 2.00 bits per heavy atom. The van der Waals surface area contributed by atoms with Gasteiger partial charge in [-0.1, -0.05) is 34.1 Å². The zero-order chi connectivity index (χ0) is 22.2. The lowest BCUT2D eigenvalue weighted by Crippen LogP contribution is -2.29. The van der Waals surface area contributed by atoms with E-state index in [-0.39, 0.29) is 17.9 Å². The number of thiophene rings is 1. The van der Waals surface area contributed by atoms with Crippen molar-refractivity contribution in [3.63, 3.8) is 0 Å². The number of benzene rings is 2. The topological polar surface area (TPSA) is 75.3 Å². The van der Waals surface area contributed by atoms with Crippen LogP contribution in [-0.2, 0) is 4.74 Å². The van der Waals surface area contributed by atoms with Crippen molar-refractivity contribution in [1.82, 2.24) is 10.2 Å². The molecule has 1 aliphatic heterocycles. The summed E-state index contributed by atoms with van der Waals surface area (Å²) in [6.07, 6.45) is 0. The lowest BCUT2D eigenvalue weighted by Gasteiger charge is -2.26. The molecule has 1 unspecified atom stereocenters. The first-order valence-electron chi connectivity index (χ1n) is 10.1. The monoisotopic (exact) mass is 507 g/mol. The quantitative estimate of drug-likeness (QED) is 0.345. The summed E-state index contributed by atoms with van der Waals surface area (Å²) in [4.78, 5) is 28.3. The van der Waals surface area contributed by atoms with Gasteiger partial charge in [0.15, 0.2) is 5.69 Å². The van der Waals surface area contributed by atoms with Gasteiger partial charge in [-0.15, -0.1) is 11.3 Å². The van der Waals surface area contributed by atoms with E-state index in [1.165, 1.54) is 0 Å². The molecule has 6 nitrogen and oxygen atoms in total. The summed E-state index contributed by atoms with van der Waals surface area (Å²) in [7, 11) is 0. The van der Waals surface area contributed by atoms with Crippen molar-refractivity contribution in [2.75, 3.05) is 11.5 Å². The molecule has 1 atom stereocenters. The lowest BCUT2D eigenvalue weighted by atomic mass is 9.98. The van der Waals surface area contributed by atoms with E-state index in [4.69, 9.17) is 4.74 Å². The minimum absolute atomic E-state index is 0.187. The lowest BCUT2D eigenvalue weighted by molar-refractivity contribution is 0.0526. The van der Waals surface area contributed by atoms with Gasteiger partial charge in [-0.05, 0) is 60.3 Å². The van der Waals surface area contributed by atoms with E-state index in [1.54, 1.807) is 47.4 Å². The van der Waals surface area contributed by atoms with Gasteiger partial charge < -0.3 is 4.74 Å². The number of fused-ring (bicyclic) bond motifs is 1. The fourth-order valence-corrected chi connectivity index (χ4v) is 5.13. The van der Waals surface area contributed by atoms with Gasteiger partial charge in [0.2, 0.25) is 0 Å². The number of hydrogen-bond acceptors (Lipinski definition) is 5. The second-order valence-corrected chi connectivity index (χ2v) is 9.10. The molecule has 0 radical (unpaired) electrons. The molecule has 1 amide bonds. The fourth-order valence-electron chi connectivity index (χ4n) is 3.98.